The molecule has 0 unspecified atom stereocenters. The summed E-state index contributed by atoms with van der Waals surface area (Å²) in [6, 6.07) is 0. The highest BCUT2D eigenvalue weighted by Crippen LogP contribution is 2.02. The molecule has 1 aliphatic rings. The number of carbonyl (C=O) groups is 1. The van der Waals surface area contributed by atoms with E-state index in [2.05, 4.69) is 5.43 Å². The Kier molecular flexibility index (Phi) is 3.36. The first kappa shape index (κ1) is 8.53. The van der Waals surface area contributed by atoms with E-state index in [1.165, 1.54) is 6.42 Å². The number of hydrazine groups is 1. The fourth-order valence-corrected chi connectivity index (χ4v) is 1.25. The van der Waals surface area contributed by atoms with Gasteiger partial charge in [0.05, 0.1) is 0 Å². The second-order valence-electron chi connectivity index (χ2n) is 2.91. The smallest absolute Gasteiger partial charge is 0.236 e. The van der Waals surface area contributed by atoms with Crippen molar-refractivity contribution < 1.29 is 4.79 Å². The quantitative estimate of drug-likeness (QED) is 0.644. The summed E-state index contributed by atoms with van der Waals surface area (Å²) in [4.78, 5) is 11.3. The van der Waals surface area contributed by atoms with Gasteiger partial charge in [-0.05, 0) is 19.3 Å². The third-order valence-corrected chi connectivity index (χ3v) is 1.88. The van der Waals surface area contributed by atoms with Gasteiger partial charge in [-0.25, -0.2) is 5.43 Å². The second-order valence-corrected chi connectivity index (χ2v) is 2.91. The van der Waals surface area contributed by atoms with Crippen LogP contribution < -0.4 is 5.43 Å². The molecule has 64 valence electrons. The zero-order valence-corrected chi connectivity index (χ0v) is 7.10. The lowest BCUT2D eigenvalue weighted by molar-refractivity contribution is -0.135. The Morgan fingerprint density at radius 3 is 2.91 bits per heavy atom. The fraction of sp³-hybridized carbons (Fsp3) is 0.875. The number of hydrogen-bond acceptors (Lipinski definition) is 2. The Morgan fingerprint density at radius 1 is 1.55 bits per heavy atom. The van der Waals surface area contributed by atoms with Crippen LogP contribution in [-0.4, -0.2) is 24.0 Å². The predicted molar refractivity (Wildman–Crippen MR) is 43.9 cm³/mol. The van der Waals surface area contributed by atoms with Gasteiger partial charge >= 0.3 is 0 Å². The molecule has 0 aromatic heterocycles. The molecular formula is C8H16N2O. The van der Waals surface area contributed by atoms with Crippen LogP contribution in [0.2, 0.25) is 0 Å². The predicted octanol–water partition coefficient (Wildman–Crippen LogP) is 0.913. The Balaban J connectivity index is 2.27. The molecule has 0 radical (unpaired) electrons. The number of hydrogen-bond donors (Lipinski definition) is 1. The lowest BCUT2D eigenvalue weighted by atomic mass is 10.2. The number of nitrogens with one attached hydrogen (secondary N) is 1. The van der Waals surface area contributed by atoms with Crippen LogP contribution in [-0.2, 0) is 4.79 Å². The normalized spacial score (nSPS) is 18.5. The van der Waals surface area contributed by atoms with Gasteiger partial charge in [0.1, 0.15) is 0 Å². The molecule has 1 amide bonds. The molecule has 0 aliphatic carbocycles. The standard InChI is InChI=1S/C8H16N2O/c1-2-5-8(11)10-7-4-3-6-9-10/h9H,2-7H2,1H3. The van der Waals surface area contributed by atoms with E-state index in [4.69, 9.17) is 0 Å². The Labute approximate surface area is 67.7 Å². The molecule has 0 atom stereocenters. The molecule has 0 aromatic rings. The van der Waals surface area contributed by atoms with E-state index in [0.717, 1.165) is 25.9 Å². The van der Waals surface area contributed by atoms with Gasteiger partial charge in [-0.3, -0.25) is 9.80 Å². The Hall–Kier alpha value is -0.570. The van der Waals surface area contributed by atoms with Crippen molar-refractivity contribution in [3.05, 3.63) is 0 Å². The van der Waals surface area contributed by atoms with Crippen LogP contribution >= 0.6 is 0 Å². The topological polar surface area (TPSA) is 32.3 Å². The lowest BCUT2D eigenvalue weighted by Gasteiger charge is -2.27. The fourth-order valence-electron chi connectivity index (χ4n) is 1.25. The zero-order chi connectivity index (χ0) is 8.10. The molecule has 0 aromatic carbocycles. The van der Waals surface area contributed by atoms with E-state index in [-0.39, 0.29) is 5.91 Å². The number of rotatable bonds is 2. The average Bonchev–Trinajstić information content (AvgIpc) is 2.07. The highest BCUT2D eigenvalue weighted by atomic mass is 16.2. The van der Waals surface area contributed by atoms with E-state index in [9.17, 15) is 4.79 Å². The van der Waals surface area contributed by atoms with Crippen LogP contribution in [0.5, 0.6) is 0 Å². The van der Waals surface area contributed by atoms with E-state index in [0.29, 0.717) is 6.42 Å². The van der Waals surface area contributed by atoms with Crippen LogP contribution in [0, 0.1) is 0 Å². The molecular weight excluding hydrogens is 140 g/mol. The van der Waals surface area contributed by atoms with Gasteiger partial charge in [-0.2, -0.15) is 0 Å². The highest BCUT2D eigenvalue weighted by Gasteiger charge is 2.14. The van der Waals surface area contributed by atoms with Crippen LogP contribution in [0.3, 0.4) is 0 Å². The van der Waals surface area contributed by atoms with Crippen molar-refractivity contribution in [3.8, 4) is 0 Å². The van der Waals surface area contributed by atoms with Crippen molar-refractivity contribution in [2.24, 2.45) is 0 Å². The van der Waals surface area contributed by atoms with Gasteiger partial charge in [0, 0.05) is 19.5 Å². The van der Waals surface area contributed by atoms with E-state index in [1.807, 2.05) is 6.92 Å². The Bertz CT molecular complexity index is 130. The summed E-state index contributed by atoms with van der Waals surface area (Å²) in [5.74, 6) is 0.243. The molecule has 0 saturated carbocycles. The van der Waals surface area contributed by atoms with Gasteiger partial charge in [-0.15, -0.1) is 0 Å². The lowest BCUT2D eigenvalue weighted by Crippen LogP contribution is -2.46. The first-order valence-corrected chi connectivity index (χ1v) is 4.38. The van der Waals surface area contributed by atoms with Crippen molar-refractivity contribution in [2.45, 2.75) is 32.6 Å². The zero-order valence-electron chi connectivity index (χ0n) is 7.10. The molecule has 3 nitrogen and oxygen atoms in total. The molecule has 0 spiro atoms. The van der Waals surface area contributed by atoms with Gasteiger partial charge in [0.25, 0.3) is 0 Å². The monoisotopic (exact) mass is 156 g/mol. The molecule has 1 aliphatic heterocycles. The Morgan fingerprint density at radius 2 is 2.36 bits per heavy atom. The summed E-state index contributed by atoms with van der Waals surface area (Å²) in [6.07, 6.45) is 3.95. The van der Waals surface area contributed by atoms with Crippen molar-refractivity contribution in [1.29, 1.82) is 0 Å². The van der Waals surface area contributed by atoms with Crippen molar-refractivity contribution in [1.82, 2.24) is 10.4 Å². The molecule has 1 N–H and O–H groups in total. The van der Waals surface area contributed by atoms with Gasteiger partial charge in [0.15, 0.2) is 0 Å². The van der Waals surface area contributed by atoms with Crippen LogP contribution in [0.4, 0.5) is 0 Å². The van der Waals surface area contributed by atoms with E-state index >= 15 is 0 Å². The molecule has 11 heavy (non-hydrogen) atoms. The van der Waals surface area contributed by atoms with Crippen molar-refractivity contribution in [3.63, 3.8) is 0 Å². The molecule has 1 rings (SSSR count). The van der Waals surface area contributed by atoms with Crippen LogP contribution in [0.15, 0.2) is 0 Å². The summed E-state index contributed by atoms with van der Waals surface area (Å²) in [5.41, 5.74) is 3.09. The molecule has 1 fully saturated rings. The summed E-state index contributed by atoms with van der Waals surface area (Å²) < 4.78 is 0. The van der Waals surface area contributed by atoms with Crippen molar-refractivity contribution in [2.75, 3.05) is 13.1 Å². The van der Waals surface area contributed by atoms with Gasteiger partial charge in [0.2, 0.25) is 5.91 Å². The third-order valence-electron chi connectivity index (χ3n) is 1.88. The molecule has 0 bridgehead atoms. The van der Waals surface area contributed by atoms with Gasteiger partial charge < -0.3 is 0 Å². The minimum Gasteiger partial charge on any atom is -0.278 e. The second kappa shape index (κ2) is 4.34. The first-order valence-electron chi connectivity index (χ1n) is 4.38. The average molecular weight is 156 g/mol. The van der Waals surface area contributed by atoms with E-state index in [1.54, 1.807) is 5.01 Å². The first-order chi connectivity index (χ1) is 5.34. The van der Waals surface area contributed by atoms with Crippen molar-refractivity contribution >= 4 is 5.91 Å². The maximum atomic E-state index is 11.3. The highest BCUT2D eigenvalue weighted by molar-refractivity contribution is 5.75. The molecule has 3 heteroatoms. The van der Waals surface area contributed by atoms with Crippen LogP contribution in [0.25, 0.3) is 0 Å². The number of nitrogens with zero attached hydrogens (tertiary/aromatic N) is 1. The van der Waals surface area contributed by atoms with Crippen LogP contribution in [0.1, 0.15) is 32.6 Å². The maximum Gasteiger partial charge on any atom is 0.236 e. The minimum atomic E-state index is 0.243. The SMILES string of the molecule is CCCC(=O)N1CCCCN1. The maximum absolute atomic E-state index is 11.3. The number of carbonyl (C=O) groups excluding carboxylic acids is 1. The largest absolute Gasteiger partial charge is 0.278 e. The summed E-state index contributed by atoms with van der Waals surface area (Å²) >= 11 is 0. The number of amides is 1. The van der Waals surface area contributed by atoms with Gasteiger partial charge in [-0.1, -0.05) is 6.92 Å². The molecule has 1 heterocycles. The summed E-state index contributed by atoms with van der Waals surface area (Å²) in [6.45, 7) is 3.87. The van der Waals surface area contributed by atoms with E-state index < -0.39 is 0 Å². The third kappa shape index (κ3) is 2.50. The summed E-state index contributed by atoms with van der Waals surface area (Å²) in [5, 5.41) is 1.76. The molecule has 1 saturated heterocycles. The minimum absolute atomic E-state index is 0.243. The summed E-state index contributed by atoms with van der Waals surface area (Å²) in [7, 11) is 0.